The topological polar surface area (TPSA) is 125 Å². The first kappa shape index (κ1) is 22.8. The van der Waals surface area contributed by atoms with Crippen molar-refractivity contribution in [2.45, 2.75) is 28.4 Å². The molecule has 0 radical (unpaired) electrons. The number of aryl methyl sites for hydroxylation is 1. The number of carbonyl (C=O) groups is 3. The number of hydrogen-bond donors (Lipinski definition) is 3. The molecule has 9 nitrogen and oxygen atoms in total. The summed E-state index contributed by atoms with van der Waals surface area (Å²) in [5.74, 6) is -1.57. The Morgan fingerprint density at radius 3 is 2.42 bits per heavy atom. The normalized spacial score (nSPS) is 15.7. The van der Waals surface area contributed by atoms with Gasteiger partial charge in [-0.1, -0.05) is 29.8 Å². The number of fused-ring (bicyclic) bond motifs is 1. The van der Waals surface area contributed by atoms with Gasteiger partial charge in [-0.2, -0.15) is 4.31 Å². The Balaban J connectivity index is 1.49. The molecule has 1 heterocycles. The van der Waals surface area contributed by atoms with Gasteiger partial charge in [0.25, 0.3) is 5.91 Å². The summed E-state index contributed by atoms with van der Waals surface area (Å²) in [4.78, 5) is 37.3. The predicted molar refractivity (Wildman–Crippen MR) is 117 cm³/mol. The van der Waals surface area contributed by atoms with Gasteiger partial charge in [0.2, 0.25) is 21.8 Å². The standard InChI is InChI=1S/C20H22N4O5S2/c1-13-7-9-14(10-8-13)31(28,29)24(2)12-19(26)23-22-18(25)11-17-20(27)21-15-5-3-4-6-16(15)30-17/h3-10,17H,11-12H2,1-2H3,(H,21,27)(H,22,25)(H,23,26)/t17-/m1/s1. The van der Waals surface area contributed by atoms with Crippen molar-refractivity contribution >= 4 is 45.2 Å². The molecule has 3 amide bonds. The summed E-state index contributed by atoms with van der Waals surface area (Å²) < 4.78 is 25.9. The number of benzene rings is 2. The van der Waals surface area contributed by atoms with Crippen LogP contribution in [0.3, 0.4) is 0 Å². The van der Waals surface area contributed by atoms with Crippen LogP contribution in [0.1, 0.15) is 12.0 Å². The van der Waals surface area contributed by atoms with Crippen LogP contribution in [0.25, 0.3) is 0 Å². The van der Waals surface area contributed by atoms with Crippen molar-refractivity contribution in [2.75, 3.05) is 18.9 Å². The fraction of sp³-hybridized carbons (Fsp3) is 0.250. The highest BCUT2D eigenvalue weighted by Gasteiger charge is 2.29. The second-order valence-corrected chi connectivity index (χ2v) is 10.3. The molecule has 0 bridgehead atoms. The van der Waals surface area contributed by atoms with Crippen LogP contribution in [-0.4, -0.2) is 49.3 Å². The van der Waals surface area contributed by atoms with Crippen molar-refractivity contribution in [3.05, 3.63) is 54.1 Å². The molecule has 1 atom stereocenters. The molecular formula is C20H22N4O5S2. The third-order valence-electron chi connectivity index (χ3n) is 4.51. The van der Waals surface area contributed by atoms with Crippen LogP contribution in [0.15, 0.2) is 58.3 Å². The van der Waals surface area contributed by atoms with E-state index < -0.39 is 33.6 Å². The van der Waals surface area contributed by atoms with Crippen LogP contribution < -0.4 is 16.2 Å². The van der Waals surface area contributed by atoms with Crippen LogP contribution in [-0.2, 0) is 24.4 Å². The molecule has 11 heteroatoms. The van der Waals surface area contributed by atoms with E-state index in [1.807, 2.05) is 19.1 Å². The average Bonchev–Trinajstić information content (AvgIpc) is 2.73. The van der Waals surface area contributed by atoms with Gasteiger partial charge in [-0.05, 0) is 31.2 Å². The highest BCUT2D eigenvalue weighted by molar-refractivity contribution is 8.01. The number of nitrogens with one attached hydrogen (secondary N) is 3. The lowest BCUT2D eigenvalue weighted by molar-refractivity contribution is -0.129. The van der Waals surface area contributed by atoms with Crippen molar-refractivity contribution in [2.24, 2.45) is 0 Å². The summed E-state index contributed by atoms with van der Waals surface area (Å²) >= 11 is 1.27. The number of sulfonamides is 1. The molecule has 31 heavy (non-hydrogen) atoms. The SMILES string of the molecule is Cc1ccc(S(=O)(=O)N(C)CC(=O)NNC(=O)C[C@H]2Sc3ccccc3NC2=O)cc1. The molecule has 1 aliphatic rings. The Labute approximate surface area is 184 Å². The molecular weight excluding hydrogens is 440 g/mol. The van der Waals surface area contributed by atoms with E-state index in [2.05, 4.69) is 16.2 Å². The van der Waals surface area contributed by atoms with Gasteiger partial charge in [0, 0.05) is 18.4 Å². The molecule has 0 aromatic heterocycles. The van der Waals surface area contributed by atoms with E-state index in [1.54, 1.807) is 24.3 Å². The zero-order chi connectivity index (χ0) is 22.6. The van der Waals surface area contributed by atoms with Crippen molar-refractivity contribution in [1.82, 2.24) is 15.2 Å². The number of thioether (sulfide) groups is 1. The predicted octanol–water partition coefficient (Wildman–Crippen LogP) is 1.27. The molecule has 1 aliphatic heterocycles. The average molecular weight is 463 g/mol. The molecule has 0 spiro atoms. The van der Waals surface area contributed by atoms with Gasteiger partial charge in [-0.3, -0.25) is 25.2 Å². The van der Waals surface area contributed by atoms with Gasteiger partial charge in [0.15, 0.2) is 0 Å². The number of likely N-dealkylation sites (N-methyl/N-ethyl adjacent to an activating group) is 1. The first-order valence-electron chi connectivity index (χ1n) is 9.34. The number of nitrogens with zero attached hydrogens (tertiary/aromatic N) is 1. The van der Waals surface area contributed by atoms with E-state index in [4.69, 9.17) is 0 Å². The molecule has 2 aromatic carbocycles. The first-order valence-corrected chi connectivity index (χ1v) is 11.7. The summed E-state index contributed by atoms with van der Waals surface area (Å²) in [5, 5.41) is 2.10. The lowest BCUT2D eigenvalue weighted by atomic mass is 10.2. The molecule has 0 saturated heterocycles. The smallest absolute Gasteiger partial charge is 0.253 e. The van der Waals surface area contributed by atoms with E-state index in [1.165, 1.54) is 30.9 Å². The third kappa shape index (κ3) is 5.63. The zero-order valence-corrected chi connectivity index (χ0v) is 18.5. The lowest BCUT2D eigenvalue weighted by Crippen LogP contribution is -2.47. The van der Waals surface area contributed by atoms with Crippen LogP contribution in [0, 0.1) is 6.92 Å². The summed E-state index contributed by atoms with van der Waals surface area (Å²) in [5.41, 5.74) is 6.02. The quantitative estimate of drug-likeness (QED) is 0.555. The van der Waals surface area contributed by atoms with Crippen LogP contribution in [0.5, 0.6) is 0 Å². The maximum Gasteiger partial charge on any atom is 0.253 e. The largest absolute Gasteiger partial charge is 0.324 e. The van der Waals surface area contributed by atoms with E-state index in [0.29, 0.717) is 5.69 Å². The molecule has 164 valence electrons. The maximum absolute atomic E-state index is 12.5. The fourth-order valence-corrected chi connectivity index (χ4v) is 5.04. The summed E-state index contributed by atoms with van der Waals surface area (Å²) in [6, 6.07) is 13.5. The zero-order valence-electron chi connectivity index (χ0n) is 16.9. The van der Waals surface area contributed by atoms with Gasteiger partial charge in [-0.15, -0.1) is 11.8 Å². The number of carbonyl (C=O) groups excluding carboxylic acids is 3. The maximum atomic E-state index is 12.5. The Morgan fingerprint density at radius 1 is 1.06 bits per heavy atom. The molecule has 0 saturated carbocycles. The number of rotatable bonds is 6. The van der Waals surface area contributed by atoms with Crippen LogP contribution >= 0.6 is 11.8 Å². The van der Waals surface area contributed by atoms with E-state index >= 15 is 0 Å². The molecule has 0 fully saturated rings. The fourth-order valence-electron chi connectivity index (χ4n) is 2.80. The molecule has 3 rings (SSSR count). The second-order valence-electron chi connectivity index (χ2n) is 6.97. The minimum Gasteiger partial charge on any atom is -0.324 e. The number of para-hydroxylation sites is 1. The molecule has 0 unspecified atom stereocenters. The third-order valence-corrected chi connectivity index (χ3v) is 7.61. The van der Waals surface area contributed by atoms with Gasteiger partial charge in [0.05, 0.1) is 22.4 Å². The summed E-state index contributed by atoms with van der Waals surface area (Å²) in [6.45, 7) is 1.35. The summed E-state index contributed by atoms with van der Waals surface area (Å²) in [7, 11) is -2.57. The monoisotopic (exact) mass is 462 g/mol. The minimum absolute atomic E-state index is 0.0676. The van der Waals surface area contributed by atoms with Crippen molar-refractivity contribution < 1.29 is 22.8 Å². The van der Waals surface area contributed by atoms with Crippen molar-refractivity contribution in [3.63, 3.8) is 0 Å². The highest BCUT2D eigenvalue weighted by Crippen LogP contribution is 2.36. The second kappa shape index (κ2) is 9.50. The van der Waals surface area contributed by atoms with Gasteiger partial charge in [-0.25, -0.2) is 8.42 Å². The molecule has 2 aromatic rings. The van der Waals surface area contributed by atoms with Crippen molar-refractivity contribution in [3.8, 4) is 0 Å². The van der Waals surface area contributed by atoms with E-state index in [9.17, 15) is 22.8 Å². The van der Waals surface area contributed by atoms with E-state index in [-0.39, 0.29) is 17.2 Å². The number of amides is 3. The minimum atomic E-state index is -3.84. The number of hydrogen-bond acceptors (Lipinski definition) is 6. The Morgan fingerprint density at radius 2 is 1.71 bits per heavy atom. The van der Waals surface area contributed by atoms with Gasteiger partial charge >= 0.3 is 0 Å². The Hall–Kier alpha value is -2.89. The van der Waals surface area contributed by atoms with E-state index in [0.717, 1.165) is 14.8 Å². The van der Waals surface area contributed by atoms with Gasteiger partial charge < -0.3 is 5.32 Å². The number of hydrazine groups is 1. The van der Waals surface area contributed by atoms with Gasteiger partial charge in [0.1, 0.15) is 0 Å². The lowest BCUT2D eigenvalue weighted by Gasteiger charge is -2.23. The number of anilines is 1. The Kier molecular flexibility index (Phi) is 6.98. The molecule has 3 N–H and O–H groups in total. The first-order chi connectivity index (χ1) is 14.7. The summed E-state index contributed by atoms with van der Waals surface area (Å²) in [6.07, 6.45) is -0.150. The van der Waals surface area contributed by atoms with Crippen LogP contribution in [0.2, 0.25) is 0 Å². The Bertz CT molecular complexity index is 1100. The highest BCUT2D eigenvalue weighted by atomic mass is 32.2. The van der Waals surface area contributed by atoms with Crippen LogP contribution in [0.4, 0.5) is 5.69 Å². The molecule has 0 aliphatic carbocycles. The van der Waals surface area contributed by atoms with Crippen molar-refractivity contribution in [1.29, 1.82) is 0 Å².